The number of nitrogens with one attached hydrogen (secondary N) is 1. The van der Waals surface area contributed by atoms with Gasteiger partial charge in [-0.3, -0.25) is 19.7 Å². The van der Waals surface area contributed by atoms with E-state index in [4.69, 9.17) is 0 Å². The minimum atomic E-state index is -0.524. The highest BCUT2D eigenvalue weighted by atomic mass is 16.6. The van der Waals surface area contributed by atoms with Gasteiger partial charge in [0.2, 0.25) is 5.91 Å². The zero-order valence-electron chi connectivity index (χ0n) is 14.8. The second-order valence-corrected chi connectivity index (χ2v) is 6.05. The lowest BCUT2D eigenvalue weighted by Gasteiger charge is -2.17. The molecular formula is C19H21N3O4. The third-order valence-electron chi connectivity index (χ3n) is 3.93. The quantitative estimate of drug-likeness (QED) is 0.610. The number of benzene rings is 2. The highest BCUT2D eigenvalue weighted by Crippen LogP contribution is 2.12. The highest BCUT2D eigenvalue weighted by molar-refractivity contribution is 5.94. The van der Waals surface area contributed by atoms with Gasteiger partial charge in [-0.1, -0.05) is 29.8 Å². The third kappa shape index (κ3) is 5.41. The first-order chi connectivity index (χ1) is 12.4. The maximum absolute atomic E-state index is 12.2. The van der Waals surface area contributed by atoms with Crippen LogP contribution in [0.4, 0.5) is 5.69 Å². The van der Waals surface area contributed by atoms with Crippen LogP contribution in [0.5, 0.6) is 0 Å². The van der Waals surface area contributed by atoms with E-state index in [9.17, 15) is 19.7 Å². The Hall–Kier alpha value is -3.22. The first kappa shape index (κ1) is 19.1. The predicted octanol–water partition coefficient (Wildman–Crippen LogP) is 2.68. The van der Waals surface area contributed by atoms with Crippen LogP contribution in [0.15, 0.2) is 48.5 Å². The van der Waals surface area contributed by atoms with Crippen molar-refractivity contribution in [3.63, 3.8) is 0 Å². The summed E-state index contributed by atoms with van der Waals surface area (Å²) < 4.78 is 0. The van der Waals surface area contributed by atoms with E-state index in [0.29, 0.717) is 12.1 Å². The first-order valence-electron chi connectivity index (χ1n) is 8.19. The lowest BCUT2D eigenvalue weighted by Crippen LogP contribution is -2.31. The molecule has 0 spiro atoms. The Morgan fingerprint density at radius 2 is 1.69 bits per heavy atom. The van der Waals surface area contributed by atoms with E-state index in [1.165, 1.54) is 24.3 Å². The van der Waals surface area contributed by atoms with Crippen molar-refractivity contribution in [1.82, 2.24) is 10.2 Å². The number of rotatable bonds is 7. The molecule has 136 valence electrons. The summed E-state index contributed by atoms with van der Waals surface area (Å²) in [7, 11) is 1.72. The van der Waals surface area contributed by atoms with Crippen LogP contribution in [0.3, 0.4) is 0 Å². The van der Waals surface area contributed by atoms with Crippen LogP contribution < -0.4 is 5.32 Å². The number of amides is 2. The van der Waals surface area contributed by atoms with Crippen molar-refractivity contribution >= 4 is 17.5 Å². The smallest absolute Gasteiger partial charge is 0.269 e. The Bertz CT molecular complexity index is 785. The summed E-state index contributed by atoms with van der Waals surface area (Å²) >= 11 is 0. The van der Waals surface area contributed by atoms with E-state index in [-0.39, 0.29) is 30.5 Å². The van der Waals surface area contributed by atoms with Crippen molar-refractivity contribution in [1.29, 1.82) is 0 Å². The molecule has 0 bridgehead atoms. The maximum Gasteiger partial charge on any atom is 0.269 e. The zero-order chi connectivity index (χ0) is 19.1. The topological polar surface area (TPSA) is 92.6 Å². The summed E-state index contributed by atoms with van der Waals surface area (Å²) in [4.78, 5) is 35.8. The Morgan fingerprint density at radius 3 is 2.27 bits per heavy atom. The van der Waals surface area contributed by atoms with Crippen LogP contribution in [0.25, 0.3) is 0 Å². The molecule has 0 aliphatic carbocycles. The van der Waals surface area contributed by atoms with Crippen molar-refractivity contribution in [2.24, 2.45) is 0 Å². The van der Waals surface area contributed by atoms with Crippen LogP contribution >= 0.6 is 0 Å². The normalized spacial score (nSPS) is 10.2. The molecule has 0 aromatic heterocycles. The van der Waals surface area contributed by atoms with Crippen molar-refractivity contribution in [3.05, 3.63) is 75.3 Å². The van der Waals surface area contributed by atoms with Crippen molar-refractivity contribution < 1.29 is 14.5 Å². The van der Waals surface area contributed by atoms with E-state index >= 15 is 0 Å². The van der Waals surface area contributed by atoms with Gasteiger partial charge in [-0.15, -0.1) is 0 Å². The van der Waals surface area contributed by atoms with Gasteiger partial charge < -0.3 is 10.2 Å². The van der Waals surface area contributed by atoms with Gasteiger partial charge in [0, 0.05) is 44.3 Å². The van der Waals surface area contributed by atoms with Gasteiger partial charge in [0.25, 0.3) is 11.6 Å². The predicted molar refractivity (Wildman–Crippen MR) is 97.7 cm³/mol. The molecule has 0 saturated carbocycles. The molecule has 0 saturated heterocycles. The Kier molecular flexibility index (Phi) is 6.43. The molecule has 1 N–H and O–H groups in total. The van der Waals surface area contributed by atoms with Gasteiger partial charge in [0.15, 0.2) is 0 Å². The molecule has 0 unspecified atom stereocenters. The average molecular weight is 355 g/mol. The van der Waals surface area contributed by atoms with E-state index in [1.807, 2.05) is 31.2 Å². The molecule has 2 aromatic carbocycles. The zero-order valence-corrected chi connectivity index (χ0v) is 14.8. The summed E-state index contributed by atoms with van der Waals surface area (Å²) in [6.07, 6.45) is 0.182. The standard InChI is InChI=1S/C19H21N3O4/c1-14-3-5-15(6-4-14)13-21(2)18(23)11-12-20-19(24)16-7-9-17(10-8-16)22(25)26/h3-10H,11-13H2,1-2H3,(H,20,24). The van der Waals surface area contributed by atoms with Crippen LogP contribution in [0.1, 0.15) is 27.9 Å². The highest BCUT2D eigenvalue weighted by Gasteiger charge is 2.12. The number of nitro benzene ring substituents is 1. The molecule has 0 radical (unpaired) electrons. The van der Waals surface area contributed by atoms with E-state index in [1.54, 1.807) is 11.9 Å². The molecule has 0 fully saturated rings. The Balaban J connectivity index is 1.78. The largest absolute Gasteiger partial charge is 0.352 e. The molecule has 0 aliphatic rings. The fraction of sp³-hybridized carbons (Fsp3) is 0.263. The van der Waals surface area contributed by atoms with Crippen LogP contribution in [-0.4, -0.2) is 35.2 Å². The second-order valence-electron chi connectivity index (χ2n) is 6.05. The molecule has 2 aromatic rings. The molecule has 0 heterocycles. The average Bonchev–Trinajstić information content (AvgIpc) is 2.63. The molecule has 7 heteroatoms. The minimum absolute atomic E-state index is 0.0745. The third-order valence-corrected chi connectivity index (χ3v) is 3.93. The van der Waals surface area contributed by atoms with Crippen LogP contribution in [0, 0.1) is 17.0 Å². The van der Waals surface area contributed by atoms with E-state index in [0.717, 1.165) is 11.1 Å². The fourth-order valence-corrected chi connectivity index (χ4v) is 2.37. The van der Waals surface area contributed by atoms with Crippen molar-refractivity contribution in [2.45, 2.75) is 19.9 Å². The minimum Gasteiger partial charge on any atom is -0.352 e. The van der Waals surface area contributed by atoms with Crippen LogP contribution in [0.2, 0.25) is 0 Å². The monoisotopic (exact) mass is 355 g/mol. The summed E-state index contributed by atoms with van der Waals surface area (Å²) in [6.45, 7) is 2.72. The van der Waals surface area contributed by atoms with Crippen molar-refractivity contribution in [2.75, 3.05) is 13.6 Å². The summed E-state index contributed by atoms with van der Waals surface area (Å²) in [5.74, 6) is -0.441. The van der Waals surface area contributed by atoms with Crippen molar-refractivity contribution in [3.8, 4) is 0 Å². The maximum atomic E-state index is 12.2. The SMILES string of the molecule is Cc1ccc(CN(C)C(=O)CCNC(=O)c2ccc([N+](=O)[O-])cc2)cc1. The van der Waals surface area contributed by atoms with E-state index < -0.39 is 4.92 Å². The number of carbonyl (C=O) groups excluding carboxylic acids is 2. The van der Waals surface area contributed by atoms with Gasteiger partial charge in [0.05, 0.1) is 4.92 Å². The fourth-order valence-electron chi connectivity index (χ4n) is 2.37. The van der Waals surface area contributed by atoms with Gasteiger partial charge in [-0.2, -0.15) is 0 Å². The molecular weight excluding hydrogens is 334 g/mol. The first-order valence-corrected chi connectivity index (χ1v) is 8.19. The molecule has 7 nitrogen and oxygen atoms in total. The van der Waals surface area contributed by atoms with E-state index in [2.05, 4.69) is 5.32 Å². The Labute approximate surface area is 151 Å². The number of carbonyl (C=O) groups is 2. The Morgan fingerprint density at radius 1 is 1.08 bits per heavy atom. The molecule has 2 amide bonds. The number of nitro groups is 1. The van der Waals surface area contributed by atoms with Gasteiger partial charge >= 0.3 is 0 Å². The summed E-state index contributed by atoms with van der Waals surface area (Å²) in [6, 6.07) is 13.3. The number of non-ortho nitro benzene ring substituents is 1. The number of hydrogen-bond donors (Lipinski definition) is 1. The lowest BCUT2D eigenvalue weighted by molar-refractivity contribution is -0.384. The van der Waals surface area contributed by atoms with Gasteiger partial charge in [-0.05, 0) is 24.6 Å². The summed E-state index contributed by atoms with van der Waals surface area (Å²) in [5.41, 5.74) is 2.45. The molecule has 26 heavy (non-hydrogen) atoms. The van der Waals surface area contributed by atoms with Crippen LogP contribution in [-0.2, 0) is 11.3 Å². The second kappa shape index (κ2) is 8.75. The number of hydrogen-bond acceptors (Lipinski definition) is 4. The lowest BCUT2D eigenvalue weighted by atomic mass is 10.1. The number of nitrogens with zero attached hydrogens (tertiary/aromatic N) is 2. The molecule has 0 atom stereocenters. The van der Waals surface area contributed by atoms with Gasteiger partial charge in [0.1, 0.15) is 0 Å². The molecule has 2 rings (SSSR count). The summed E-state index contributed by atoms with van der Waals surface area (Å²) in [5, 5.41) is 13.3. The molecule has 0 aliphatic heterocycles. The number of aryl methyl sites for hydroxylation is 1. The van der Waals surface area contributed by atoms with Gasteiger partial charge in [-0.25, -0.2) is 0 Å².